The highest BCUT2D eigenvalue weighted by Gasteiger charge is 2.25. The highest BCUT2D eigenvalue weighted by Crippen LogP contribution is 2.32. The average Bonchev–Trinajstić information content (AvgIpc) is 3.04. The summed E-state index contributed by atoms with van der Waals surface area (Å²) in [5.41, 5.74) is 1.33. The van der Waals surface area contributed by atoms with E-state index in [1.807, 2.05) is 18.2 Å². The van der Waals surface area contributed by atoms with Crippen LogP contribution in [0.1, 0.15) is 25.7 Å². The van der Waals surface area contributed by atoms with Crippen LogP contribution in [-0.2, 0) is 9.59 Å². The van der Waals surface area contributed by atoms with E-state index in [1.54, 1.807) is 10.7 Å². The van der Waals surface area contributed by atoms with Crippen LogP contribution >= 0.6 is 11.6 Å². The number of piperidine rings is 1. The molecule has 2 aromatic rings. The van der Waals surface area contributed by atoms with E-state index in [1.165, 1.54) is 25.3 Å². The van der Waals surface area contributed by atoms with Gasteiger partial charge in [-0.1, -0.05) is 24.1 Å². The van der Waals surface area contributed by atoms with Crippen LogP contribution in [0.25, 0.3) is 5.52 Å². The summed E-state index contributed by atoms with van der Waals surface area (Å²) in [7, 11) is 0. The lowest BCUT2D eigenvalue weighted by molar-refractivity contribution is -0.121. The molecule has 1 fully saturated rings. The Bertz CT molecular complexity index is 973. The molecule has 0 atom stereocenters. The molecular formula is C20H21ClN4O3. The lowest BCUT2D eigenvalue weighted by Crippen LogP contribution is -2.33. The third kappa shape index (κ3) is 4.00. The van der Waals surface area contributed by atoms with Gasteiger partial charge in [-0.25, -0.2) is 9.51 Å². The summed E-state index contributed by atoms with van der Waals surface area (Å²) in [5.74, 6) is -0.377. The van der Waals surface area contributed by atoms with Crippen molar-refractivity contribution in [3.63, 3.8) is 0 Å². The van der Waals surface area contributed by atoms with Crippen LogP contribution in [0.5, 0.6) is 5.88 Å². The molecule has 0 bridgehead atoms. The van der Waals surface area contributed by atoms with Crippen molar-refractivity contribution in [2.24, 2.45) is 4.99 Å². The first kappa shape index (κ1) is 18.8. The van der Waals surface area contributed by atoms with Gasteiger partial charge in [-0.2, -0.15) is 0 Å². The number of fused-ring (bicyclic) bond motifs is 1. The molecule has 1 aliphatic heterocycles. The minimum absolute atomic E-state index is 0.0161. The smallest absolute Gasteiger partial charge is 0.260 e. The predicted molar refractivity (Wildman–Crippen MR) is 107 cm³/mol. The Morgan fingerprint density at radius 2 is 1.96 bits per heavy atom. The first-order valence-corrected chi connectivity index (χ1v) is 9.84. The molecule has 8 heteroatoms. The van der Waals surface area contributed by atoms with Crippen molar-refractivity contribution in [1.29, 1.82) is 0 Å². The topological polar surface area (TPSA) is 76.3 Å². The molecule has 2 aromatic heterocycles. The summed E-state index contributed by atoms with van der Waals surface area (Å²) in [6.07, 6.45) is 6.59. The van der Waals surface area contributed by atoms with Crippen LogP contribution in [-0.4, -0.2) is 58.0 Å². The molecule has 0 amide bonds. The Hall–Kier alpha value is -2.51. The molecule has 0 saturated carbocycles. The van der Waals surface area contributed by atoms with Crippen LogP contribution in [0.3, 0.4) is 0 Å². The van der Waals surface area contributed by atoms with Crippen LogP contribution < -0.4 is 4.74 Å². The van der Waals surface area contributed by atoms with Crippen LogP contribution in [0.2, 0.25) is 0 Å². The Morgan fingerprint density at radius 3 is 2.79 bits per heavy atom. The van der Waals surface area contributed by atoms with Gasteiger partial charge < -0.3 is 4.74 Å². The summed E-state index contributed by atoms with van der Waals surface area (Å²) < 4.78 is 7.60. The van der Waals surface area contributed by atoms with Crippen LogP contribution in [0.4, 0.5) is 5.69 Å². The number of Topliss-reactive ketones (excluding diaryl/α,β-unsaturated/α-hetero) is 2. The fourth-order valence-corrected chi connectivity index (χ4v) is 3.61. The van der Waals surface area contributed by atoms with E-state index in [0.29, 0.717) is 18.2 Å². The summed E-state index contributed by atoms with van der Waals surface area (Å²) in [5, 5.41) is 4.47. The van der Waals surface area contributed by atoms with E-state index in [0.717, 1.165) is 25.2 Å². The Balaban J connectivity index is 1.61. The van der Waals surface area contributed by atoms with Gasteiger partial charge in [0.25, 0.3) is 5.88 Å². The fourth-order valence-electron chi connectivity index (χ4n) is 3.44. The monoisotopic (exact) mass is 400 g/mol. The number of aliphatic imine (C=N–C) groups is 1. The molecular weight excluding hydrogens is 380 g/mol. The SMILES string of the molecule is O=C1CC(=O)C(=Nc2c(OCCN3CCCCC3)nn3ccccc23)C=C1Cl. The first-order chi connectivity index (χ1) is 13.6. The predicted octanol–water partition coefficient (Wildman–Crippen LogP) is 2.94. The molecule has 1 aliphatic carbocycles. The van der Waals surface area contributed by atoms with Gasteiger partial charge in [0.2, 0.25) is 0 Å². The molecule has 2 aliphatic rings. The van der Waals surface area contributed by atoms with Crippen molar-refractivity contribution in [2.75, 3.05) is 26.2 Å². The number of ketones is 2. The number of pyridine rings is 1. The van der Waals surface area contributed by atoms with Gasteiger partial charge in [-0.15, -0.1) is 5.10 Å². The second kappa shape index (κ2) is 8.24. The summed E-state index contributed by atoms with van der Waals surface area (Å²) in [6, 6.07) is 5.58. The molecule has 7 nitrogen and oxygen atoms in total. The molecule has 0 spiro atoms. The van der Waals surface area contributed by atoms with E-state index in [9.17, 15) is 9.59 Å². The average molecular weight is 401 g/mol. The van der Waals surface area contributed by atoms with E-state index in [-0.39, 0.29) is 28.7 Å². The van der Waals surface area contributed by atoms with Crippen LogP contribution in [0, 0.1) is 0 Å². The highest BCUT2D eigenvalue weighted by atomic mass is 35.5. The van der Waals surface area contributed by atoms with Gasteiger partial charge in [0.1, 0.15) is 12.3 Å². The number of ether oxygens (including phenoxy) is 1. The molecule has 3 heterocycles. The number of nitrogens with zero attached hydrogens (tertiary/aromatic N) is 4. The maximum atomic E-state index is 12.2. The molecule has 1 saturated heterocycles. The molecule has 4 rings (SSSR count). The van der Waals surface area contributed by atoms with Crippen molar-refractivity contribution in [3.05, 3.63) is 35.5 Å². The third-order valence-electron chi connectivity index (χ3n) is 4.95. The van der Waals surface area contributed by atoms with Crippen molar-refractivity contribution >= 4 is 40.1 Å². The second-order valence-corrected chi connectivity index (χ2v) is 7.35. The number of hydrogen-bond acceptors (Lipinski definition) is 6. The Morgan fingerprint density at radius 1 is 1.14 bits per heavy atom. The molecule has 0 aromatic carbocycles. The number of hydrogen-bond donors (Lipinski definition) is 0. The number of allylic oxidation sites excluding steroid dienone is 2. The summed E-state index contributed by atoms with van der Waals surface area (Å²) in [4.78, 5) is 30.7. The maximum Gasteiger partial charge on any atom is 0.260 e. The van der Waals surface area contributed by atoms with Gasteiger partial charge in [0.05, 0.1) is 17.0 Å². The second-order valence-electron chi connectivity index (χ2n) is 6.95. The quantitative estimate of drug-likeness (QED) is 0.721. The lowest BCUT2D eigenvalue weighted by Gasteiger charge is -2.25. The minimum Gasteiger partial charge on any atom is -0.474 e. The maximum absolute atomic E-state index is 12.2. The van der Waals surface area contributed by atoms with E-state index >= 15 is 0 Å². The number of likely N-dealkylation sites (tertiary alicyclic amines) is 1. The molecule has 28 heavy (non-hydrogen) atoms. The number of halogens is 1. The third-order valence-corrected chi connectivity index (χ3v) is 5.27. The van der Waals surface area contributed by atoms with Crippen LogP contribution in [0.15, 0.2) is 40.5 Å². The molecule has 0 N–H and O–H groups in total. The zero-order valence-corrected chi connectivity index (χ0v) is 16.2. The zero-order valence-electron chi connectivity index (χ0n) is 15.4. The lowest BCUT2D eigenvalue weighted by atomic mass is 10.0. The number of carbonyl (C=O) groups is 2. The Labute approximate surface area is 167 Å². The standard InChI is InChI=1S/C20H21ClN4O3/c21-14-12-15(18(27)13-17(14)26)22-19-16-6-2-5-9-25(16)23-20(19)28-11-10-24-7-3-1-4-8-24/h2,5-6,9,12H,1,3-4,7-8,10-11,13H2. The van der Waals surface area contributed by atoms with Gasteiger partial charge in [-0.3, -0.25) is 14.5 Å². The van der Waals surface area contributed by atoms with E-state index < -0.39 is 0 Å². The number of rotatable bonds is 5. The number of aromatic nitrogens is 2. The molecule has 0 radical (unpaired) electrons. The normalized spacial score (nSPS) is 20.0. The largest absolute Gasteiger partial charge is 0.474 e. The van der Waals surface area contributed by atoms with Crippen molar-refractivity contribution in [1.82, 2.24) is 14.5 Å². The van der Waals surface area contributed by atoms with Crippen molar-refractivity contribution < 1.29 is 14.3 Å². The van der Waals surface area contributed by atoms with Gasteiger partial charge in [-0.05, 0) is 44.1 Å². The van der Waals surface area contributed by atoms with Crippen molar-refractivity contribution in [3.8, 4) is 5.88 Å². The van der Waals surface area contributed by atoms with Crippen molar-refractivity contribution in [2.45, 2.75) is 25.7 Å². The van der Waals surface area contributed by atoms with E-state index in [4.69, 9.17) is 16.3 Å². The van der Waals surface area contributed by atoms with Gasteiger partial charge in [0, 0.05) is 12.7 Å². The minimum atomic E-state index is -0.386. The Kier molecular flexibility index (Phi) is 5.54. The first-order valence-electron chi connectivity index (χ1n) is 9.46. The summed E-state index contributed by atoms with van der Waals surface area (Å²) >= 11 is 5.92. The number of carbonyl (C=O) groups excluding carboxylic acids is 2. The highest BCUT2D eigenvalue weighted by molar-refractivity contribution is 6.57. The van der Waals surface area contributed by atoms with E-state index in [2.05, 4.69) is 15.0 Å². The fraction of sp³-hybridized carbons (Fsp3) is 0.400. The zero-order chi connectivity index (χ0) is 19.5. The molecule has 146 valence electrons. The summed E-state index contributed by atoms with van der Waals surface area (Å²) in [6.45, 7) is 3.50. The van der Waals surface area contributed by atoms with Gasteiger partial charge in [0.15, 0.2) is 17.3 Å². The molecule has 0 unspecified atom stereocenters. The van der Waals surface area contributed by atoms with Gasteiger partial charge >= 0.3 is 0 Å².